The van der Waals surface area contributed by atoms with E-state index in [9.17, 15) is 9.18 Å². The number of aromatic nitrogens is 6. The highest BCUT2D eigenvalue weighted by atomic mass is 19.1. The Morgan fingerprint density at radius 1 is 1.10 bits per heavy atom. The Morgan fingerprint density at radius 2 is 1.90 bits per heavy atom. The van der Waals surface area contributed by atoms with Gasteiger partial charge in [-0.15, -0.1) is 0 Å². The Hall–Kier alpha value is -4.27. The third kappa shape index (κ3) is 3.35. The minimum absolute atomic E-state index is 0.283. The molecule has 0 fully saturated rings. The highest BCUT2D eigenvalue weighted by Crippen LogP contribution is 2.31. The van der Waals surface area contributed by atoms with Crippen molar-refractivity contribution in [2.75, 3.05) is 5.32 Å². The lowest BCUT2D eigenvalue weighted by Crippen LogP contribution is -2.12. The van der Waals surface area contributed by atoms with E-state index in [0.29, 0.717) is 28.5 Å². The maximum atomic E-state index is 13.4. The van der Waals surface area contributed by atoms with Gasteiger partial charge in [-0.2, -0.15) is 5.10 Å². The minimum Gasteiger partial charge on any atom is -0.357 e. The quantitative estimate of drug-likeness (QED) is 0.467. The summed E-state index contributed by atoms with van der Waals surface area (Å²) in [7, 11) is 1.91. The van der Waals surface area contributed by atoms with E-state index in [4.69, 9.17) is 0 Å². The number of carbonyl (C=O) groups is 1. The molecule has 0 saturated heterocycles. The van der Waals surface area contributed by atoms with E-state index in [2.05, 4.69) is 25.4 Å². The van der Waals surface area contributed by atoms with Crippen LogP contribution in [0.5, 0.6) is 0 Å². The molecule has 0 spiro atoms. The van der Waals surface area contributed by atoms with Crippen molar-refractivity contribution in [3.63, 3.8) is 0 Å². The number of anilines is 1. The predicted molar refractivity (Wildman–Crippen MR) is 114 cm³/mol. The Morgan fingerprint density at radius 3 is 2.65 bits per heavy atom. The van der Waals surface area contributed by atoms with Crippen molar-refractivity contribution in [1.29, 1.82) is 0 Å². The molecule has 0 saturated carbocycles. The second-order valence-electron chi connectivity index (χ2n) is 7.11. The molecule has 8 nitrogen and oxygen atoms in total. The van der Waals surface area contributed by atoms with Crippen LogP contribution in [0, 0.1) is 12.7 Å². The second-order valence-corrected chi connectivity index (χ2v) is 7.11. The summed E-state index contributed by atoms with van der Waals surface area (Å²) in [5.74, 6) is 0.615. The number of hydrogen-bond acceptors (Lipinski definition) is 4. The third-order valence-electron chi connectivity index (χ3n) is 5.08. The van der Waals surface area contributed by atoms with Gasteiger partial charge in [-0.05, 0) is 55.5 Å². The average molecular weight is 415 g/mol. The van der Waals surface area contributed by atoms with Crippen molar-refractivity contribution >= 4 is 17.4 Å². The zero-order valence-corrected chi connectivity index (χ0v) is 16.8. The van der Waals surface area contributed by atoms with Gasteiger partial charge < -0.3 is 14.9 Å². The van der Waals surface area contributed by atoms with Crippen LogP contribution >= 0.6 is 0 Å². The summed E-state index contributed by atoms with van der Waals surface area (Å²) >= 11 is 0. The predicted octanol–water partition coefficient (Wildman–Crippen LogP) is 3.82. The van der Waals surface area contributed by atoms with Crippen LogP contribution in [0.3, 0.4) is 0 Å². The highest BCUT2D eigenvalue weighted by Gasteiger charge is 2.18. The molecule has 5 rings (SSSR count). The summed E-state index contributed by atoms with van der Waals surface area (Å²) in [6, 6.07) is 13.3. The molecule has 0 unspecified atom stereocenters. The summed E-state index contributed by atoms with van der Waals surface area (Å²) < 4.78 is 16.9. The standard InChI is InChI=1S/C22H18FN7O/c1-13-25-20(14-5-7-15(23)8-6-14)21(29(13)2)16-9-10-19-26-18(12-30(19)28-16)27-22(31)17-4-3-11-24-17/h3-12,24H,1-2H3,(H,27,31). The molecule has 0 aliphatic rings. The number of hydrogen-bond donors (Lipinski definition) is 2. The van der Waals surface area contributed by atoms with Gasteiger partial charge >= 0.3 is 0 Å². The molecule has 5 aromatic rings. The van der Waals surface area contributed by atoms with Crippen LogP contribution in [0.1, 0.15) is 16.3 Å². The number of imidazole rings is 2. The summed E-state index contributed by atoms with van der Waals surface area (Å²) in [6.07, 6.45) is 3.33. The van der Waals surface area contributed by atoms with E-state index >= 15 is 0 Å². The molecule has 0 aliphatic carbocycles. The van der Waals surface area contributed by atoms with Crippen molar-refractivity contribution in [3.05, 3.63) is 78.3 Å². The number of benzene rings is 1. The van der Waals surface area contributed by atoms with E-state index < -0.39 is 0 Å². The first-order chi connectivity index (χ1) is 15.0. The average Bonchev–Trinajstić information content (AvgIpc) is 3.48. The molecule has 0 atom stereocenters. The summed E-state index contributed by atoms with van der Waals surface area (Å²) in [6.45, 7) is 1.90. The molecule has 4 aromatic heterocycles. The Kier molecular flexibility index (Phi) is 4.36. The third-order valence-corrected chi connectivity index (χ3v) is 5.08. The van der Waals surface area contributed by atoms with Crippen LogP contribution in [0.15, 0.2) is 60.9 Å². The highest BCUT2D eigenvalue weighted by molar-refractivity contribution is 6.02. The zero-order chi connectivity index (χ0) is 21.5. The van der Waals surface area contributed by atoms with Gasteiger partial charge in [0.25, 0.3) is 5.91 Å². The molecule has 1 aromatic carbocycles. The fraction of sp³-hybridized carbons (Fsp3) is 0.0909. The van der Waals surface area contributed by atoms with E-state index in [0.717, 1.165) is 17.1 Å². The maximum Gasteiger partial charge on any atom is 0.273 e. The summed E-state index contributed by atoms with van der Waals surface area (Å²) in [5.41, 5.74) is 4.03. The zero-order valence-electron chi connectivity index (χ0n) is 16.8. The van der Waals surface area contributed by atoms with Gasteiger partial charge in [0.1, 0.15) is 23.0 Å². The summed E-state index contributed by atoms with van der Waals surface area (Å²) in [4.78, 5) is 24.2. The molecule has 0 radical (unpaired) electrons. The number of aryl methyl sites for hydroxylation is 1. The van der Waals surface area contributed by atoms with Crippen molar-refractivity contribution in [3.8, 4) is 22.6 Å². The van der Waals surface area contributed by atoms with E-state index in [1.165, 1.54) is 12.1 Å². The van der Waals surface area contributed by atoms with Crippen molar-refractivity contribution in [2.24, 2.45) is 7.05 Å². The van der Waals surface area contributed by atoms with Gasteiger partial charge in [-0.1, -0.05) is 0 Å². The van der Waals surface area contributed by atoms with Gasteiger partial charge in [0.05, 0.1) is 17.6 Å². The number of rotatable bonds is 4. The lowest BCUT2D eigenvalue weighted by molar-refractivity contribution is 0.102. The molecule has 0 aliphatic heterocycles. The first kappa shape index (κ1) is 18.7. The number of fused-ring (bicyclic) bond motifs is 1. The molecule has 0 bridgehead atoms. The van der Waals surface area contributed by atoms with Gasteiger partial charge in [-0.25, -0.2) is 18.9 Å². The van der Waals surface area contributed by atoms with Crippen LogP contribution in [-0.2, 0) is 7.05 Å². The van der Waals surface area contributed by atoms with E-state index in [1.807, 2.05) is 30.7 Å². The van der Waals surface area contributed by atoms with Gasteiger partial charge in [-0.3, -0.25) is 4.79 Å². The first-order valence-electron chi connectivity index (χ1n) is 9.60. The smallest absolute Gasteiger partial charge is 0.273 e. The van der Waals surface area contributed by atoms with Crippen LogP contribution < -0.4 is 5.32 Å². The molecule has 154 valence electrons. The number of halogens is 1. The van der Waals surface area contributed by atoms with E-state index in [-0.39, 0.29) is 11.7 Å². The number of H-pyrrole nitrogens is 1. The number of amides is 1. The number of nitrogens with zero attached hydrogens (tertiary/aromatic N) is 5. The summed E-state index contributed by atoms with van der Waals surface area (Å²) in [5, 5.41) is 7.43. The van der Waals surface area contributed by atoms with Gasteiger partial charge in [0.15, 0.2) is 11.5 Å². The largest absolute Gasteiger partial charge is 0.357 e. The number of aromatic amines is 1. The maximum absolute atomic E-state index is 13.4. The van der Waals surface area contributed by atoms with Crippen LogP contribution in [0.4, 0.5) is 10.2 Å². The van der Waals surface area contributed by atoms with Gasteiger partial charge in [0, 0.05) is 18.8 Å². The minimum atomic E-state index is -0.301. The molecule has 31 heavy (non-hydrogen) atoms. The van der Waals surface area contributed by atoms with Gasteiger partial charge in [0.2, 0.25) is 0 Å². The topological polar surface area (TPSA) is 92.9 Å². The van der Waals surface area contributed by atoms with Crippen molar-refractivity contribution in [1.82, 2.24) is 29.1 Å². The van der Waals surface area contributed by atoms with Crippen molar-refractivity contribution < 1.29 is 9.18 Å². The monoisotopic (exact) mass is 415 g/mol. The molecular weight excluding hydrogens is 397 g/mol. The first-order valence-corrected chi connectivity index (χ1v) is 9.60. The SMILES string of the molecule is Cc1nc(-c2ccc(F)cc2)c(-c2ccc3nc(NC(=O)c4ccc[nH]4)cn3n2)n1C. The number of carbonyl (C=O) groups excluding carboxylic acids is 1. The fourth-order valence-electron chi connectivity index (χ4n) is 3.44. The molecule has 2 N–H and O–H groups in total. The van der Waals surface area contributed by atoms with Crippen LogP contribution in [0.2, 0.25) is 0 Å². The number of nitrogens with one attached hydrogen (secondary N) is 2. The Balaban J connectivity index is 1.54. The van der Waals surface area contributed by atoms with E-state index in [1.54, 1.807) is 41.2 Å². The molecule has 1 amide bonds. The van der Waals surface area contributed by atoms with Crippen LogP contribution in [-0.4, -0.2) is 35.0 Å². The Bertz CT molecular complexity index is 1400. The lowest BCUT2D eigenvalue weighted by atomic mass is 10.1. The normalized spacial score (nSPS) is 11.2. The second kappa shape index (κ2) is 7.21. The molecule has 4 heterocycles. The Labute approximate surface area is 176 Å². The molecule has 9 heteroatoms. The lowest BCUT2D eigenvalue weighted by Gasteiger charge is -2.07. The van der Waals surface area contributed by atoms with Crippen LogP contribution in [0.25, 0.3) is 28.3 Å². The fourth-order valence-corrected chi connectivity index (χ4v) is 3.44. The molecular formula is C22H18FN7O. The van der Waals surface area contributed by atoms with Crippen molar-refractivity contribution in [2.45, 2.75) is 6.92 Å².